The SMILES string of the molecule is COC(=O)C1=Cc2c(ncnc2Nc2ccc(Oc3cccc4sncc34)c(Cl)c2)NCC1. The van der Waals surface area contributed by atoms with Gasteiger partial charge in [0.2, 0.25) is 0 Å². The van der Waals surface area contributed by atoms with Crippen LogP contribution in [-0.4, -0.2) is 34.0 Å². The van der Waals surface area contributed by atoms with Crippen molar-refractivity contribution in [1.29, 1.82) is 0 Å². The number of benzene rings is 2. The number of carbonyl (C=O) groups excluding carboxylic acids is 1. The van der Waals surface area contributed by atoms with Gasteiger partial charge in [0, 0.05) is 17.8 Å². The molecule has 0 atom stereocenters. The molecule has 0 radical (unpaired) electrons. The first-order valence-electron chi connectivity index (χ1n) is 10.1. The summed E-state index contributed by atoms with van der Waals surface area (Å²) in [7, 11) is 1.37. The smallest absolute Gasteiger partial charge is 0.333 e. The lowest BCUT2D eigenvalue weighted by Crippen LogP contribution is -2.08. The molecule has 33 heavy (non-hydrogen) atoms. The number of rotatable bonds is 5. The molecule has 0 aliphatic carbocycles. The fraction of sp³-hybridized carbons (Fsp3) is 0.130. The van der Waals surface area contributed by atoms with Gasteiger partial charge in [0.1, 0.15) is 29.5 Å². The molecule has 2 aromatic carbocycles. The van der Waals surface area contributed by atoms with E-state index in [0.29, 0.717) is 57.9 Å². The normalized spacial score (nSPS) is 12.8. The van der Waals surface area contributed by atoms with Crippen molar-refractivity contribution in [1.82, 2.24) is 14.3 Å². The second kappa shape index (κ2) is 9.05. The van der Waals surface area contributed by atoms with Gasteiger partial charge in [-0.15, -0.1) is 0 Å². The number of ether oxygens (including phenoxy) is 2. The van der Waals surface area contributed by atoms with E-state index >= 15 is 0 Å². The zero-order valence-electron chi connectivity index (χ0n) is 17.5. The fourth-order valence-corrected chi connectivity index (χ4v) is 4.38. The van der Waals surface area contributed by atoms with Crippen LogP contribution in [0.3, 0.4) is 0 Å². The van der Waals surface area contributed by atoms with Gasteiger partial charge >= 0.3 is 5.97 Å². The molecule has 1 aliphatic rings. The first kappa shape index (κ1) is 21.2. The zero-order valence-corrected chi connectivity index (χ0v) is 19.0. The lowest BCUT2D eigenvalue weighted by atomic mass is 10.1. The van der Waals surface area contributed by atoms with Gasteiger partial charge in [-0.05, 0) is 54.4 Å². The average Bonchev–Trinajstić information content (AvgIpc) is 3.20. The number of nitrogens with one attached hydrogen (secondary N) is 2. The number of aromatic nitrogens is 3. The highest BCUT2D eigenvalue weighted by Crippen LogP contribution is 2.37. The topological polar surface area (TPSA) is 98.3 Å². The van der Waals surface area contributed by atoms with E-state index in [0.717, 1.165) is 10.1 Å². The Bertz CT molecular complexity index is 1390. The first-order chi connectivity index (χ1) is 16.1. The van der Waals surface area contributed by atoms with Gasteiger partial charge in [-0.3, -0.25) is 0 Å². The number of halogens is 1. The molecule has 4 aromatic rings. The standard InChI is InChI=1S/C23H18ClN5O3S/c1-31-23(30)13-7-8-25-21-15(9-13)22(27-12-26-21)29-14-5-6-19(17(24)10-14)32-18-3-2-4-20-16(18)11-28-33-20/h2-6,9-12H,7-8H2,1H3,(H2,25,26,27,29). The summed E-state index contributed by atoms with van der Waals surface area (Å²) in [5, 5.41) is 7.85. The van der Waals surface area contributed by atoms with Crippen molar-refractivity contribution in [2.45, 2.75) is 6.42 Å². The molecule has 3 heterocycles. The van der Waals surface area contributed by atoms with Crippen molar-refractivity contribution in [2.24, 2.45) is 0 Å². The Balaban J connectivity index is 1.43. The molecule has 0 fully saturated rings. The minimum atomic E-state index is -0.375. The maximum Gasteiger partial charge on any atom is 0.333 e. The van der Waals surface area contributed by atoms with Crippen LogP contribution in [0, 0.1) is 0 Å². The van der Waals surface area contributed by atoms with Crippen LogP contribution in [-0.2, 0) is 9.53 Å². The highest BCUT2D eigenvalue weighted by Gasteiger charge is 2.19. The van der Waals surface area contributed by atoms with Crippen molar-refractivity contribution in [3.05, 3.63) is 65.1 Å². The van der Waals surface area contributed by atoms with E-state index in [9.17, 15) is 4.79 Å². The third-order valence-corrected chi connectivity index (χ3v) is 6.17. The maximum atomic E-state index is 12.1. The van der Waals surface area contributed by atoms with Gasteiger partial charge in [-0.25, -0.2) is 14.8 Å². The van der Waals surface area contributed by atoms with Crippen molar-refractivity contribution >= 4 is 62.6 Å². The van der Waals surface area contributed by atoms with E-state index < -0.39 is 0 Å². The number of esters is 1. The Morgan fingerprint density at radius 3 is 2.97 bits per heavy atom. The number of anilines is 3. The summed E-state index contributed by atoms with van der Waals surface area (Å²) >= 11 is 7.94. The Labute approximate surface area is 198 Å². The van der Waals surface area contributed by atoms with Crippen LogP contribution in [0.25, 0.3) is 16.2 Å². The van der Waals surface area contributed by atoms with Crippen LogP contribution in [0.15, 0.2) is 54.5 Å². The molecule has 166 valence electrons. The summed E-state index contributed by atoms with van der Waals surface area (Å²) in [6, 6.07) is 11.2. The van der Waals surface area contributed by atoms with E-state index in [1.54, 1.807) is 24.4 Å². The first-order valence-corrected chi connectivity index (χ1v) is 11.2. The van der Waals surface area contributed by atoms with Crippen LogP contribution in [0.5, 0.6) is 11.5 Å². The van der Waals surface area contributed by atoms with Gasteiger partial charge < -0.3 is 20.1 Å². The van der Waals surface area contributed by atoms with Gasteiger partial charge in [-0.1, -0.05) is 17.7 Å². The average molecular weight is 480 g/mol. The molecule has 2 N–H and O–H groups in total. The molecule has 0 saturated heterocycles. The molecule has 1 aliphatic heterocycles. The van der Waals surface area contributed by atoms with Crippen molar-refractivity contribution in [3.63, 3.8) is 0 Å². The molecule has 0 amide bonds. The van der Waals surface area contributed by atoms with E-state index in [4.69, 9.17) is 21.1 Å². The largest absolute Gasteiger partial charge is 0.466 e. The Morgan fingerprint density at radius 2 is 2.12 bits per heavy atom. The van der Waals surface area contributed by atoms with Gasteiger partial charge in [-0.2, -0.15) is 4.37 Å². The summed E-state index contributed by atoms with van der Waals surface area (Å²) in [6.07, 6.45) is 5.51. The van der Waals surface area contributed by atoms with Crippen LogP contribution in [0.4, 0.5) is 17.3 Å². The number of carbonyl (C=O) groups is 1. The predicted octanol–water partition coefficient (Wildman–Crippen LogP) is 5.65. The number of hydrogen-bond donors (Lipinski definition) is 2. The van der Waals surface area contributed by atoms with Crippen molar-refractivity contribution in [2.75, 3.05) is 24.3 Å². The molecule has 0 spiro atoms. The monoisotopic (exact) mass is 479 g/mol. The highest BCUT2D eigenvalue weighted by atomic mass is 35.5. The predicted molar refractivity (Wildman–Crippen MR) is 130 cm³/mol. The van der Waals surface area contributed by atoms with Crippen molar-refractivity contribution in [3.8, 4) is 11.5 Å². The third-order valence-electron chi connectivity index (χ3n) is 5.11. The minimum absolute atomic E-state index is 0.375. The lowest BCUT2D eigenvalue weighted by molar-refractivity contribution is -0.136. The van der Waals surface area contributed by atoms with E-state index in [2.05, 4.69) is 25.0 Å². The van der Waals surface area contributed by atoms with Crippen molar-refractivity contribution < 1.29 is 14.3 Å². The summed E-state index contributed by atoms with van der Waals surface area (Å²) in [4.78, 5) is 20.7. The molecule has 0 unspecified atom stereocenters. The molecule has 0 bridgehead atoms. The minimum Gasteiger partial charge on any atom is -0.466 e. The Kier molecular flexibility index (Phi) is 5.80. The van der Waals surface area contributed by atoms with Crippen LogP contribution in [0.1, 0.15) is 12.0 Å². The molecular weight excluding hydrogens is 462 g/mol. The number of methoxy groups -OCH3 is 1. The second-order valence-corrected chi connectivity index (χ2v) is 8.43. The van der Waals surface area contributed by atoms with Gasteiger partial charge in [0.15, 0.2) is 0 Å². The summed E-state index contributed by atoms with van der Waals surface area (Å²) in [5.41, 5.74) is 1.92. The number of fused-ring (bicyclic) bond motifs is 2. The fourth-order valence-electron chi connectivity index (χ4n) is 3.50. The van der Waals surface area contributed by atoms with Gasteiger partial charge in [0.25, 0.3) is 0 Å². The van der Waals surface area contributed by atoms with E-state index in [1.807, 2.05) is 24.3 Å². The zero-order chi connectivity index (χ0) is 22.8. The maximum absolute atomic E-state index is 12.1. The summed E-state index contributed by atoms with van der Waals surface area (Å²) in [6.45, 7) is 0.564. The summed E-state index contributed by atoms with van der Waals surface area (Å²) < 4.78 is 16.2. The number of nitrogens with zero attached hydrogens (tertiary/aromatic N) is 3. The van der Waals surface area contributed by atoms with Gasteiger partial charge in [0.05, 0.1) is 34.0 Å². The third kappa shape index (κ3) is 4.33. The second-order valence-electron chi connectivity index (χ2n) is 7.19. The van der Waals surface area contributed by atoms with Crippen LogP contribution >= 0.6 is 23.1 Å². The Morgan fingerprint density at radius 1 is 1.21 bits per heavy atom. The molecular formula is C23H18ClN5O3S. The van der Waals surface area contributed by atoms with E-state index in [1.165, 1.54) is 25.0 Å². The number of hydrogen-bond acceptors (Lipinski definition) is 9. The van der Waals surface area contributed by atoms with Crippen LogP contribution < -0.4 is 15.4 Å². The Hall–Kier alpha value is -3.69. The highest BCUT2D eigenvalue weighted by molar-refractivity contribution is 7.13. The molecule has 0 saturated carbocycles. The molecule has 5 rings (SSSR count). The molecule has 10 heteroatoms. The molecule has 8 nitrogen and oxygen atoms in total. The van der Waals surface area contributed by atoms with E-state index in [-0.39, 0.29) is 5.97 Å². The lowest BCUT2D eigenvalue weighted by Gasteiger charge is -2.13. The summed E-state index contributed by atoms with van der Waals surface area (Å²) in [5.74, 6) is 2.01. The molecule has 2 aromatic heterocycles. The van der Waals surface area contributed by atoms with Crippen LogP contribution in [0.2, 0.25) is 5.02 Å². The quantitative estimate of drug-likeness (QED) is 0.354.